The fourth-order valence-electron chi connectivity index (χ4n) is 2.73. The van der Waals surface area contributed by atoms with Crippen LogP contribution in [0.15, 0.2) is 12.1 Å². The number of rotatable bonds is 1. The van der Waals surface area contributed by atoms with Crippen LogP contribution in [-0.2, 0) is 10.3 Å². The second-order valence-electron chi connectivity index (χ2n) is 5.20. The van der Waals surface area contributed by atoms with E-state index in [-0.39, 0.29) is 5.54 Å². The van der Waals surface area contributed by atoms with E-state index in [0.717, 1.165) is 30.5 Å². The number of ether oxygens (including phenoxy) is 1. The van der Waals surface area contributed by atoms with Gasteiger partial charge in [-0.3, -0.25) is 0 Å². The fourth-order valence-corrected chi connectivity index (χ4v) is 3.48. The van der Waals surface area contributed by atoms with Gasteiger partial charge in [-0.05, 0) is 44.1 Å². The third-order valence-electron chi connectivity index (χ3n) is 3.68. The molecule has 1 aromatic heterocycles. The molecule has 19 heavy (non-hydrogen) atoms. The van der Waals surface area contributed by atoms with E-state index in [1.807, 2.05) is 12.1 Å². The van der Waals surface area contributed by atoms with Gasteiger partial charge in [0.1, 0.15) is 0 Å². The summed E-state index contributed by atoms with van der Waals surface area (Å²) in [6.07, 6.45) is 2.07. The number of nitrogens with zero attached hydrogens (tertiary/aromatic N) is 1. The van der Waals surface area contributed by atoms with Gasteiger partial charge in [0.05, 0.1) is 33.2 Å². The summed E-state index contributed by atoms with van der Waals surface area (Å²) in [5, 5.41) is 1.07. The number of fused-ring (bicyclic) bond motifs is 1. The van der Waals surface area contributed by atoms with E-state index in [1.165, 1.54) is 0 Å². The summed E-state index contributed by atoms with van der Waals surface area (Å²) in [5.74, 6) is 0. The smallest absolute Gasteiger partial charge is 0.178 e. The van der Waals surface area contributed by atoms with Crippen molar-refractivity contribution < 1.29 is 4.74 Å². The van der Waals surface area contributed by atoms with Gasteiger partial charge in [-0.1, -0.05) is 23.2 Å². The van der Waals surface area contributed by atoms with Gasteiger partial charge in [-0.25, -0.2) is 0 Å². The zero-order valence-electron chi connectivity index (χ0n) is 10.5. The quantitative estimate of drug-likeness (QED) is 0.783. The summed E-state index contributed by atoms with van der Waals surface area (Å²) < 4.78 is 8.42. The number of aromatic amines is 1. The van der Waals surface area contributed by atoms with Crippen LogP contribution in [0.3, 0.4) is 0 Å². The highest BCUT2D eigenvalue weighted by Gasteiger charge is 2.31. The molecular weight excluding hydrogens is 303 g/mol. The number of hydrogen-bond acceptors (Lipinski definition) is 2. The normalized spacial score (nSPS) is 23.9. The zero-order chi connectivity index (χ0) is 13.6. The Labute approximate surface area is 126 Å². The van der Waals surface area contributed by atoms with Crippen molar-refractivity contribution in [3.8, 4) is 0 Å². The van der Waals surface area contributed by atoms with Crippen LogP contribution in [0.4, 0.5) is 0 Å². The Morgan fingerprint density at radius 1 is 1.37 bits per heavy atom. The largest absolute Gasteiger partial charge is 0.379 e. The molecule has 102 valence electrons. The molecule has 1 aliphatic rings. The molecule has 1 atom stereocenters. The molecule has 1 aliphatic heterocycles. The second kappa shape index (κ2) is 4.77. The van der Waals surface area contributed by atoms with Crippen LogP contribution in [0.2, 0.25) is 10.0 Å². The first-order valence-electron chi connectivity index (χ1n) is 6.19. The van der Waals surface area contributed by atoms with Crippen LogP contribution in [0, 0.1) is 4.77 Å². The number of imidazole rings is 1. The molecule has 1 fully saturated rings. The molecule has 1 unspecified atom stereocenters. The van der Waals surface area contributed by atoms with Crippen molar-refractivity contribution in [2.45, 2.75) is 25.3 Å². The highest BCUT2D eigenvalue weighted by Crippen LogP contribution is 2.34. The van der Waals surface area contributed by atoms with Crippen molar-refractivity contribution in [2.24, 2.45) is 0 Å². The molecule has 0 bridgehead atoms. The zero-order valence-corrected chi connectivity index (χ0v) is 12.8. The van der Waals surface area contributed by atoms with Crippen molar-refractivity contribution in [3.63, 3.8) is 0 Å². The molecule has 6 heteroatoms. The lowest BCUT2D eigenvalue weighted by atomic mass is 9.94. The van der Waals surface area contributed by atoms with E-state index in [1.54, 1.807) is 0 Å². The number of hydrogen-bond donors (Lipinski definition) is 1. The standard InChI is InChI=1S/C13H14Cl2N2OS/c1-13(3-2-4-18-7-13)17-11-6-9(15)8(14)5-10(11)16-12(17)19/h5-6H,2-4,7H2,1H3,(H,16,19). The van der Waals surface area contributed by atoms with E-state index in [0.29, 0.717) is 21.4 Å². The lowest BCUT2D eigenvalue weighted by molar-refractivity contribution is 0.0108. The van der Waals surface area contributed by atoms with Crippen LogP contribution >= 0.6 is 35.4 Å². The van der Waals surface area contributed by atoms with E-state index in [4.69, 9.17) is 40.2 Å². The van der Waals surface area contributed by atoms with Crippen molar-refractivity contribution in [1.29, 1.82) is 0 Å². The Morgan fingerprint density at radius 2 is 2.11 bits per heavy atom. The topological polar surface area (TPSA) is 29.9 Å². The van der Waals surface area contributed by atoms with Gasteiger partial charge in [0.15, 0.2) is 4.77 Å². The fraction of sp³-hybridized carbons (Fsp3) is 0.462. The third kappa shape index (κ3) is 2.21. The minimum atomic E-state index is -0.134. The average Bonchev–Trinajstić information content (AvgIpc) is 2.67. The van der Waals surface area contributed by atoms with Crippen molar-refractivity contribution in [3.05, 3.63) is 26.9 Å². The molecule has 0 amide bonds. The minimum absolute atomic E-state index is 0.134. The average molecular weight is 317 g/mol. The van der Waals surface area contributed by atoms with E-state index in [2.05, 4.69) is 16.5 Å². The maximum atomic E-state index is 6.13. The molecule has 2 aromatic rings. The first-order chi connectivity index (χ1) is 9.01. The molecule has 0 aliphatic carbocycles. The SMILES string of the molecule is CC1(n2c(=S)[nH]c3cc(Cl)c(Cl)cc32)CCCOC1. The Morgan fingerprint density at radius 3 is 2.79 bits per heavy atom. The maximum Gasteiger partial charge on any atom is 0.178 e. The Balaban J connectivity index is 2.25. The van der Waals surface area contributed by atoms with Gasteiger partial charge < -0.3 is 14.3 Å². The first-order valence-corrected chi connectivity index (χ1v) is 7.36. The van der Waals surface area contributed by atoms with E-state index >= 15 is 0 Å². The molecule has 1 aromatic carbocycles. The summed E-state index contributed by atoms with van der Waals surface area (Å²) >= 11 is 17.6. The predicted octanol–water partition coefficient (Wildman–Crippen LogP) is 4.53. The van der Waals surface area contributed by atoms with Crippen LogP contribution in [0.1, 0.15) is 19.8 Å². The third-order valence-corrected chi connectivity index (χ3v) is 4.69. The number of nitrogens with one attached hydrogen (secondary N) is 1. The number of benzene rings is 1. The van der Waals surface area contributed by atoms with Gasteiger partial charge in [0, 0.05) is 6.61 Å². The molecule has 3 nitrogen and oxygen atoms in total. The summed E-state index contributed by atoms with van der Waals surface area (Å²) in [4.78, 5) is 3.20. The molecule has 1 N–H and O–H groups in total. The Kier molecular flexibility index (Phi) is 3.38. The Hall–Kier alpha value is -0.550. The number of H-pyrrole nitrogens is 1. The lowest BCUT2D eigenvalue weighted by Gasteiger charge is -2.35. The van der Waals surface area contributed by atoms with Gasteiger partial charge >= 0.3 is 0 Å². The predicted molar refractivity (Wildman–Crippen MR) is 80.8 cm³/mol. The summed E-state index contributed by atoms with van der Waals surface area (Å²) in [6.45, 7) is 3.64. The number of aromatic nitrogens is 2. The van der Waals surface area contributed by atoms with Crippen LogP contribution in [0.25, 0.3) is 11.0 Å². The lowest BCUT2D eigenvalue weighted by Crippen LogP contribution is -2.39. The van der Waals surface area contributed by atoms with E-state index in [9.17, 15) is 0 Å². The molecule has 3 rings (SSSR count). The maximum absolute atomic E-state index is 6.13. The van der Waals surface area contributed by atoms with Crippen LogP contribution in [-0.4, -0.2) is 22.8 Å². The molecular formula is C13H14Cl2N2OS. The monoisotopic (exact) mass is 316 g/mol. The summed E-state index contributed by atoms with van der Waals surface area (Å²) in [6, 6.07) is 3.68. The summed E-state index contributed by atoms with van der Waals surface area (Å²) in [7, 11) is 0. The van der Waals surface area contributed by atoms with Gasteiger partial charge in [-0.2, -0.15) is 0 Å². The molecule has 2 heterocycles. The van der Waals surface area contributed by atoms with Gasteiger partial charge in [0.25, 0.3) is 0 Å². The van der Waals surface area contributed by atoms with Crippen LogP contribution in [0.5, 0.6) is 0 Å². The Bertz CT molecular complexity index is 686. The van der Waals surface area contributed by atoms with E-state index < -0.39 is 0 Å². The van der Waals surface area contributed by atoms with Gasteiger partial charge in [0.2, 0.25) is 0 Å². The van der Waals surface area contributed by atoms with Crippen LogP contribution < -0.4 is 0 Å². The molecule has 0 saturated carbocycles. The molecule has 0 radical (unpaired) electrons. The minimum Gasteiger partial charge on any atom is -0.379 e. The highest BCUT2D eigenvalue weighted by atomic mass is 35.5. The molecule has 1 saturated heterocycles. The van der Waals surface area contributed by atoms with Gasteiger partial charge in [-0.15, -0.1) is 0 Å². The highest BCUT2D eigenvalue weighted by molar-refractivity contribution is 7.71. The second-order valence-corrected chi connectivity index (χ2v) is 6.40. The van der Waals surface area contributed by atoms with Crippen molar-refractivity contribution in [1.82, 2.24) is 9.55 Å². The first kappa shape index (κ1) is 13.4. The number of halogens is 2. The van der Waals surface area contributed by atoms with Crippen molar-refractivity contribution >= 4 is 46.5 Å². The van der Waals surface area contributed by atoms with Crippen molar-refractivity contribution in [2.75, 3.05) is 13.2 Å². The molecule has 0 spiro atoms. The summed E-state index contributed by atoms with van der Waals surface area (Å²) in [5.41, 5.74) is 1.75.